The quantitative estimate of drug-likeness (QED) is 0.919. The van der Waals surface area contributed by atoms with E-state index in [1.165, 1.54) is 0 Å². The maximum atomic E-state index is 12.6. The number of nitrogens with one attached hydrogen (secondary N) is 1. The van der Waals surface area contributed by atoms with E-state index in [1.807, 2.05) is 23.1 Å². The SMILES string of the molecule is COc1ccc(Cl)cc1CC1CCCN(C(=O)C2CCCN2)C1. The van der Waals surface area contributed by atoms with Gasteiger partial charge in [0.15, 0.2) is 0 Å². The summed E-state index contributed by atoms with van der Waals surface area (Å²) in [5.74, 6) is 1.64. The lowest BCUT2D eigenvalue weighted by atomic mass is 9.90. The van der Waals surface area contributed by atoms with Crippen LogP contribution in [0.4, 0.5) is 0 Å². The highest BCUT2D eigenvalue weighted by Gasteiger charge is 2.30. The third kappa shape index (κ3) is 3.99. The summed E-state index contributed by atoms with van der Waals surface area (Å²) in [4.78, 5) is 14.6. The van der Waals surface area contributed by atoms with Gasteiger partial charge in [0.2, 0.25) is 5.91 Å². The highest BCUT2D eigenvalue weighted by atomic mass is 35.5. The fraction of sp³-hybridized carbons (Fsp3) is 0.611. The molecule has 2 aliphatic heterocycles. The molecule has 126 valence electrons. The van der Waals surface area contributed by atoms with Crippen molar-refractivity contribution >= 4 is 17.5 Å². The molecular formula is C18H25ClN2O2. The van der Waals surface area contributed by atoms with Crippen LogP contribution in [0.2, 0.25) is 5.02 Å². The van der Waals surface area contributed by atoms with Crippen LogP contribution in [0.5, 0.6) is 5.75 Å². The van der Waals surface area contributed by atoms with E-state index < -0.39 is 0 Å². The number of nitrogens with zero attached hydrogens (tertiary/aromatic N) is 1. The van der Waals surface area contributed by atoms with Gasteiger partial charge in [0.1, 0.15) is 5.75 Å². The number of piperidine rings is 1. The summed E-state index contributed by atoms with van der Waals surface area (Å²) < 4.78 is 5.45. The Bertz CT molecular complexity index is 558. The topological polar surface area (TPSA) is 41.6 Å². The van der Waals surface area contributed by atoms with E-state index in [0.717, 1.165) is 68.1 Å². The molecule has 1 amide bonds. The van der Waals surface area contributed by atoms with Gasteiger partial charge >= 0.3 is 0 Å². The summed E-state index contributed by atoms with van der Waals surface area (Å²) in [5.41, 5.74) is 1.14. The molecule has 0 saturated carbocycles. The van der Waals surface area contributed by atoms with E-state index in [4.69, 9.17) is 16.3 Å². The molecule has 0 aromatic heterocycles. The van der Waals surface area contributed by atoms with Crippen molar-refractivity contribution in [2.45, 2.75) is 38.1 Å². The van der Waals surface area contributed by atoms with Crippen molar-refractivity contribution < 1.29 is 9.53 Å². The van der Waals surface area contributed by atoms with Crippen molar-refractivity contribution in [2.24, 2.45) is 5.92 Å². The normalized spacial score (nSPS) is 24.7. The van der Waals surface area contributed by atoms with Gasteiger partial charge in [-0.2, -0.15) is 0 Å². The smallest absolute Gasteiger partial charge is 0.239 e. The second-order valence-corrected chi connectivity index (χ2v) is 7.04. The van der Waals surface area contributed by atoms with Crippen molar-refractivity contribution in [3.63, 3.8) is 0 Å². The molecule has 2 aliphatic rings. The number of likely N-dealkylation sites (tertiary alicyclic amines) is 1. The Morgan fingerprint density at radius 3 is 3.00 bits per heavy atom. The van der Waals surface area contributed by atoms with Gasteiger partial charge in [-0.25, -0.2) is 0 Å². The van der Waals surface area contributed by atoms with Crippen LogP contribution in [-0.4, -0.2) is 43.6 Å². The number of methoxy groups -OCH3 is 1. The maximum absolute atomic E-state index is 12.6. The molecule has 2 unspecified atom stereocenters. The van der Waals surface area contributed by atoms with E-state index in [9.17, 15) is 4.79 Å². The van der Waals surface area contributed by atoms with Crippen LogP contribution in [0.25, 0.3) is 0 Å². The second kappa shape index (κ2) is 7.54. The molecule has 0 spiro atoms. The molecule has 0 bridgehead atoms. The molecule has 1 aromatic carbocycles. The maximum Gasteiger partial charge on any atom is 0.239 e. The minimum Gasteiger partial charge on any atom is -0.496 e. The molecule has 0 aliphatic carbocycles. The Labute approximate surface area is 143 Å². The Kier molecular flexibility index (Phi) is 5.44. The molecule has 0 radical (unpaired) electrons. The second-order valence-electron chi connectivity index (χ2n) is 6.60. The molecule has 2 saturated heterocycles. The number of benzene rings is 1. The van der Waals surface area contributed by atoms with E-state index in [2.05, 4.69) is 5.32 Å². The van der Waals surface area contributed by atoms with Crippen molar-refractivity contribution in [3.05, 3.63) is 28.8 Å². The average molecular weight is 337 g/mol. The van der Waals surface area contributed by atoms with E-state index in [0.29, 0.717) is 5.92 Å². The number of carbonyl (C=O) groups excluding carboxylic acids is 1. The minimum absolute atomic E-state index is 0.0365. The summed E-state index contributed by atoms with van der Waals surface area (Å²) in [5, 5.41) is 4.05. The molecule has 1 aromatic rings. The van der Waals surface area contributed by atoms with Crippen molar-refractivity contribution in [1.82, 2.24) is 10.2 Å². The molecule has 2 atom stereocenters. The van der Waals surface area contributed by atoms with Crippen molar-refractivity contribution in [1.29, 1.82) is 0 Å². The molecule has 1 N–H and O–H groups in total. The zero-order valence-electron chi connectivity index (χ0n) is 13.7. The number of halogens is 1. The summed E-state index contributed by atoms with van der Waals surface area (Å²) >= 11 is 6.13. The first kappa shape index (κ1) is 16.6. The largest absolute Gasteiger partial charge is 0.496 e. The molecule has 2 heterocycles. The minimum atomic E-state index is 0.0365. The number of hydrogen-bond acceptors (Lipinski definition) is 3. The first-order valence-corrected chi connectivity index (χ1v) is 8.89. The Morgan fingerprint density at radius 1 is 1.39 bits per heavy atom. The predicted molar refractivity (Wildman–Crippen MR) is 92.0 cm³/mol. The monoisotopic (exact) mass is 336 g/mol. The van der Waals surface area contributed by atoms with Crippen LogP contribution >= 0.6 is 11.6 Å². The molecule has 5 heteroatoms. The summed E-state index contributed by atoms with van der Waals surface area (Å²) in [6.07, 6.45) is 5.21. The number of carbonyl (C=O) groups is 1. The number of ether oxygens (including phenoxy) is 1. The summed E-state index contributed by atoms with van der Waals surface area (Å²) in [7, 11) is 1.69. The molecular weight excluding hydrogens is 312 g/mol. The van der Waals surface area contributed by atoms with Crippen molar-refractivity contribution in [2.75, 3.05) is 26.7 Å². The third-order valence-electron chi connectivity index (χ3n) is 4.94. The first-order chi connectivity index (χ1) is 11.2. The average Bonchev–Trinajstić information content (AvgIpc) is 3.09. The van der Waals surface area contributed by atoms with Gasteiger partial charge in [-0.1, -0.05) is 11.6 Å². The van der Waals surface area contributed by atoms with Gasteiger partial charge < -0.3 is 15.0 Å². The molecule has 3 rings (SSSR count). The van der Waals surface area contributed by atoms with E-state index in [1.54, 1.807) is 7.11 Å². The number of rotatable bonds is 4. The Hall–Kier alpha value is -1.26. The predicted octanol–water partition coefficient (Wildman–Crippen LogP) is 2.88. The van der Waals surface area contributed by atoms with Gasteiger partial charge in [0.25, 0.3) is 0 Å². The lowest BCUT2D eigenvalue weighted by Gasteiger charge is -2.34. The summed E-state index contributed by atoms with van der Waals surface area (Å²) in [6.45, 7) is 2.69. The van der Waals surface area contributed by atoms with Crippen LogP contribution in [0, 0.1) is 5.92 Å². The Balaban J connectivity index is 1.64. The van der Waals surface area contributed by atoms with Crippen LogP contribution in [0.15, 0.2) is 18.2 Å². The highest BCUT2D eigenvalue weighted by molar-refractivity contribution is 6.30. The van der Waals surface area contributed by atoms with Crippen LogP contribution < -0.4 is 10.1 Å². The number of amides is 1. The van der Waals surface area contributed by atoms with Crippen LogP contribution in [0.1, 0.15) is 31.2 Å². The third-order valence-corrected chi connectivity index (χ3v) is 5.18. The van der Waals surface area contributed by atoms with E-state index in [-0.39, 0.29) is 11.9 Å². The zero-order valence-corrected chi connectivity index (χ0v) is 14.4. The van der Waals surface area contributed by atoms with Gasteiger partial charge in [-0.05, 0) is 68.3 Å². The fourth-order valence-corrected chi connectivity index (χ4v) is 3.96. The highest BCUT2D eigenvalue weighted by Crippen LogP contribution is 2.29. The molecule has 4 nitrogen and oxygen atoms in total. The van der Waals surface area contributed by atoms with Gasteiger partial charge in [0.05, 0.1) is 13.2 Å². The van der Waals surface area contributed by atoms with Crippen molar-refractivity contribution in [3.8, 4) is 5.75 Å². The van der Waals surface area contributed by atoms with Gasteiger partial charge in [-0.3, -0.25) is 4.79 Å². The Morgan fingerprint density at radius 2 is 2.26 bits per heavy atom. The fourth-order valence-electron chi connectivity index (χ4n) is 3.77. The molecule has 2 fully saturated rings. The van der Waals surface area contributed by atoms with Gasteiger partial charge in [0, 0.05) is 18.1 Å². The summed E-state index contributed by atoms with van der Waals surface area (Å²) in [6, 6.07) is 5.80. The molecule has 23 heavy (non-hydrogen) atoms. The number of hydrogen-bond donors (Lipinski definition) is 1. The van der Waals surface area contributed by atoms with Crippen LogP contribution in [-0.2, 0) is 11.2 Å². The first-order valence-electron chi connectivity index (χ1n) is 8.52. The van der Waals surface area contributed by atoms with Crippen LogP contribution in [0.3, 0.4) is 0 Å². The van der Waals surface area contributed by atoms with E-state index >= 15 is 0 Å². The lowest BCUT2D eigenvalue weighted by molar-refractivity contribution is -0.134. The zero-order chi connectivity index (χ0) is 16.2. The standard InChI is InChI=1S/C18H25ClN2O2/c1-23-17-7-6-15(19)11-14(17)10-13-4-3-9-21(12-13)18(22)16-5-2-8-20-16/h6-7,11,13,16,20H,2-5,8-10,12H2,1H3. The van der Waals surface area contributed by atoms with Gasteiger partial charge in [-0.15, -0.1) is 0 Å². The lowest BCUT2D eigenvalue weighted by Crippen LogP contribution is -2.48.